The van der Waals surface area contributed by atoms with Crippen molar-refractivity contribution < 1.29 is 4.92 Å². The number of hydrogen-bond donors (Lipinski definition) is 0. The van der Waals surface area contributed by atoms with Gasteiger partial charge in [-0.25, -0.2) is 0 Å². The quantitative estimate of drug-likeness (QED) is 0.433. The van der Waals surface area contributed by atoms with Gasteiger partial charge in [0.15, 0.2) is 0 Å². The van der Waals surface area contributed by atoms with Crippen molar-refractivity contribution >= 4 is 33.2 Å². The van der Waals surface area contributed by atoms with Crippen molar-refractivity contribution in [2.24, 2.45) is 0 Å². The Labute approximate surface area is 117 Å². The molecule has 0 unspecified atom stereocenters. The summed E-state index contributed by atoms with van der Waals surface area (Å²) in [6.07, 6.45) is 0. The van der Waals surface area contributed by atoms with E-state index in [9.17, 15) is 10.1 Å². The molecule has 0 N–H and O–H groups in total. The van der Waals surface area contributed by atoms with Gasteiger partial charge in [0.05, 0.1) is 9.75 Å². The molecule has 0 aliphatic heterocycles. The molecule has 18 heavy (non-hydrogen) atoms. The van der Waals surface area contributed by atoms with Gasteiger partial charge < -0.3 is 0 Å². The van der Waals surface area contributed by atoms with Crippen LogP contribution in [-0.2, 0) is 0 Å². The van der Waals surface area contributed by atoms with Gasteiger partial charge in [-0.3, -0.25) is 10.1 Å². The fourth-order valence-electron chi connectivity index (χ4n) is 2.27. The first-order valence-electron chi connectivity index (χ1n) is 5.30. The molecular formula is C13H7BrClNO2. The predicted octanol–water partition coefficient (Wildman–Crippen LogP) is 4.71. The molecule has 0 heterocycles. The molecule has 90 valence electrons. The van der Waals surface area contributed by atoms with Gasteiger partial charge >= 0.3 is 0 Å². The van der Waals surface area contributed by atoms with Crippen LogP contribution in [0.4, 0.5) is 5.69 Å². The zero-order chi connectivity index (χ0) is 12.9. The summed E-state index contributed by atoms with van der Waals surface area (Å²) >= 11 is 9.56. The highest BCUT2D eigenvalue weighted by molar-refractivity contribution is 9.09. The Hall–Kier alpha value is -1.39. The van der Waals surface area contributed by atoms with E-state index in [0.717, 1.165) is 22.3 Å². The number of nitro groups is 1. The number of nitrogens with zero attached hydrogens (tertiary/aromatic N) is 1. The summed E-state index contributed by atoms with van der Waals surface area (Å²) in [5.74, 6) is 0. The van der Waals surface area contributed by atoms with Crippen molar-refractivity contribution in [2.75, 3.05) is 0 Å². The van der Waals surface area contributed by atoms with Gasteiger partial charge in [-0.1, -0.05) is 33.6 Å². The molecule has 0 saturated heterocycles. The highest BCUT2D eigenvalue weighted by Crippen LogP contribution is 2.49. The zero-order valence-corrected chi connectivity index (χ0v) is 11.4. The van der Waals surface area contributed by atoms with Crippen LogP contribution in [0.2, 0.25) is 5.02 Å². The van der Waals surface area contributed by atoms with Crippen LogP contribution >= 0.6 is 27.5 Å². The maximum Gasteiger partial charge on any atom is 0.269 e. The number of halogens is 2. The third kappa shape index (κ3) is 1.64. The highest BCUT2D eigenvalue weighted by Gasteiger charge is 2.28. The zero-order valence-electron chi connectivity index (χ0n) is 9.06. The Balaban J connectivity index is 2.23. The molecule has 5 heteroatoms. The van der Waals surface area contributed by atoms with Gasteiger partial charge in [0.2, 0.25) is 0 Å². The van der Waals surface area contributed by atoms with Crippen molar-refractivity contribution in [1.82, 2.24) is 0 Å². The minimum absolute atomic E-state index is 0.0406. The molecule has 0 fully saturated rings. The first-order chi connectivity index (χ1) is 8.58. The van der Waals surface area contributed by atoms with Crippen LogP contribution in [0.3, 0.4) is 0 Å². The van der Waals surface area contributed by atoms with Crippen molar-refractivity contribution in [3.8, 4) is 11.1 Å². The second kappa shape index (κ2) is 4.07. The molecule has 3 rings (SSSR count). The van der Waals surface area contributed by atoms with E-state index >= 15 is 0 Å². The number of benzene rings is 2. The lowest BCUT2D eigenvalue weighted by molar-refractivity contribution is -0.384. The van der Waals surface area contributed by atoms with Crippen LogP contribution in [0.5, 0.6) is 0 Å². The maximum atomic E-state index is 10.8. The smallest absolute Gasteiger partial charge is 0.258 e. The Kier molecular flexibility index (Phi) is 2.64. The van der Waals surface area contributed by atoms with E-state index in [1.165, 1.54) is 6.07 Å². The molecule has 0 aromatic heterocycles. The largest absolute Gasteiger partial charge is 0.269 e. The van der Waals surface area contributed by atoms with Crippen molar-refractivity contribution in [3.63, 3.8) is 0 Å². The summed E-state index contributed by atoms with van der Waals surface area (Å²) in [7, 11) is 0. The average molecular weight is 325 g/mol. The Morgan fingerprint density at radius 3 is 2.39 bits per heavy atom. The summed E-state index contributed by atoms with van der Waals surface area (Å²) < 4.78 is 0. The lowest BCUT2D eigenvalue weighted by Gasteiger charge is -2.04. The lowest BCUT2D eigenvalue weighted by Crippen LogP contribution is -1.91. The number of alkyl halides is 1. The molecule has 1 aliphatic carbocycles. The topological polar surface area (TPSA) is 43.1 Å². The predicted molar refractivity (Wildman–Crippen MR) is 74.3 cm³/mol. The van der Waals surface area contributed by atoms with Crippen LogP contribution in [0.25, 0.3) is 11.1 Å². The molecule has 0 bridgehead atoms. The van der Waals surface area contributed by atoms with E-state index in [0.29, 0.717) is 5.02 Å². The van der Waals surface area contributed by atoms with Gasteiger partial charge in [0.1, 0.15) is 0 Å². The minimum atomic E-state index is -0.379. The number of hydrogen-bond acceptors (Lipinski definition) is 2. The van der Waals surface area contributed by atoms with Gasteiger partial charge in [0.25, 0.3) is 5.69 Å². The maximum absolute atomic E-state index is 10.8. The molecular weight excluding hydrogens is 318 g/mol. The molecule has 2 aromatic rings. The number of fused-ring (bicyclic) bond motifs is 3. The summed E-state index contributed by atoms with van der Waals surface area (Å²) in [4.78, 5) is 10.4. The van der Waals surface area contributed by atoms with Crippen molar-refractivity contribution in [3.05, 3.63) is 62.7 Å². The average Bonchev–Trinajstić information content (AvgIpc) is 2.62. The lowest BCUT2D eigenvalue weighted by atomic mass is 10.1. The van der Waals surface area contributed by atoms with E-state index in [1.807, 2.05) is 18.2 Å². The molecule has 0 spiro atoms. The number of rotatable bonds is 1. The summed E-state index contributed by atoms with van der Waals surface area (Å²) in [6.45, 7) is 0. The Bertz CT molecular complexity index is 672. The molecule has 0 amide bonds. The molecule has 2 aromatic carbocycles. The Morgan fingerprint density at radius 1 is 1.11 bits per heavy atom. The number of non-ortho nitro benzene ring substituents is 1. The normalized spacial score (nSPS) is 16.2. The van der Waals surface area contributed by atoms with E-state index in [2.05, 4.69) is 15.9 Å². The van der Waals surface area contributed by atoms with Crippen molar-refractivity contribution in [2.45, 2.75) is 4.83 Å². The van der Waals surface area contributed by atoms with Crippen LogP contribution in [0, 0.1) is 10.1 Å². The van der Waals surface area contributed by atoms with E-state index < -0.39 is 0 Å². The third-order valence-corrected chi connectivity index (χ3v) is 4.32. The van der Waals surface area contributed by atoms with Crippen LogP contribution < -0.4 is 0 Å². The van der Waals surface area contributed by atoms with E-state index in [4.69, 9.17) is 11.6 Å². The molecule has 3 nitrogen and oxygen atoms in total. The molecule has 0 saturated carbocycles. The van der Waals surface area contributed by atoms with Gasteiger partial charge in [-0.2, -0.15) is 0 Å². The number of nitro benzene ring substituents is 1. The second-order valence-electron chi connectivity index (χ2n) is 4.12. The fourth-order valence-corrected chi connectivity index (χ4v) is 3.21. The first kappa shape index (κ1) is 11.7. The van der Waals surface area contributed by atoms with Gasteiger partial charge in [-0.15, -0.1) is 0 Å². The first-order valence-corrected chi connectivity index (χ1v) is 6.59. The summed E-state index contributed by atoms with van der Waals surface area (Å²) in [5.41, 5.74) is 4.18. The van der Waals surface area contributed by atoms with E-state index in [-0.39, 0.29) is 15.4 Å². The summed E-state index contributed by atoms with van der Waals surface area (Å²) in [6, 6.07) is 10.6. The van der Waals surface area contributed by atoms with Gasteiger partial charge in [0, 0.05) is 17.2 Å². The highest BCUT2D eigenvalue weighted by atomic mass is 79.9. The van der Waals surface area contributed by atoms with Gasteiger partial charge in [-0.05, 0) is 40.5 Å². The van der Waals surface area contributed by atoms with Crippen LogP contribution in [0.15, 0.2) is 36.4 Å². The Morgan fingerprint density at radius 2 is 1.72 bits per heavy atom. The SMILES string of the molecule is O=[N+]([O-])c1ccc2c(c1)[C@@H](Br)c1cc(Cl)ccc1-2. The standard InChI is InChI=1S/C13H7BrClNO2/c14-13-11-5-7(15)1-3-9(11)10-4-2-8(16(17)18)6-12(10)13/h1-6,13H/t13-/m0/s1. The summed E-state index contributed by atoms with van der Waals surface area (Å²) in [5, 5.41) is 11.5. The third-order valence-electron chi connectivity index (χ3n) is 3.10. The monoisotopic (exact) mass is 323 g/mol. The second-order valence-corrected chi connectivity index (χ2v) is 5.47. The van der Waals surface area contributed by atoms with E-state index in [1.54, 1.807) is 12.1 Å². The molecule has 0 radical (unpaired) electrons. The van der Waals surface area contributed by atoms with Crippen LogP contribution in [-0.4, -0.2) is 4.92 Å². The molecule has 1 aliphatic rings. The van der Waals surface area contributed by atoms with Crippen molar-refractivity contribution in [1.29, 1.82) is 0 Å². The minimum Gasteiger partial charge on any atom is -0.258 e. The fraction of sp³-hybridized carbons (Fsp3) is 0.0769. The molecule has 1 atom stereocenters. The van der Waals surface area contributed by atoms with Crippen LogP contribution in [0.1, 0.15) is 16.0 Å².